The molecule has 126 valence electrons. The minimum absolute atomic E-state index is 0.0348. The number of carbonyl (C=O) groups is 2. The van der Waals surface area contributed by atoms with E-state index in [4.69, 9.17) is 4.74 Å². The quantitative estimate of drug-likeness (QED) is 0.876. The molecule has 0 spiro atoms. The van der Waals surface area contributed by atoms with Gasteiger partial charge >= 0.3 is 6.03 Å². The highest BCUT2D eigenvalue weighted by Gasteiger charge is 2.26. The fourth-order valence-corrected chi connectivity index (χ4v) is 2.67. The maximum atomic E-state index is 12.6. The molecule has 1 aromatic rings. The highest BCUT2D eigenvalue weighted by Crippen LogP contribution is 2.22. The molecule has 0 radical (unpaired) electrons. The molecule has 1 atom stereocenters. The van der Waals surface area contributed by atoms with Crippen LogP contribution >= 0.6 is 0 Å². The number of nitrogens with one attached hydrogen (secondary N) is 2. The summed E-state index contributed by atoms with van der Waals surface area (Å²) in [5, 5.41) is 5.85. The maximum absolute atomic E-state index is 12.6. The monoisotopic (exact) mass is 319 g/mol. The van der Waals surface area contributed by atoms with Crippen molar-refractivity contribution >= 4 is 17.6 Å². The first-order valence-electron chi connectivity index (χ1n) is 7.92. The van der Waals surface area contributed by atoms with Crippen LogP contribution < -0.4 is 15.4 Å². The lowest BCUT2D eigenvalue weighted by Gasteiger charge is -2.29. The van der Waals surface area contributed by atoms with E-state index in [1.165, 1.54) is 0 Å². The van der Waals surface area contributed by atoms with Crippen LogP contribution in [0.4, 0.5) is 10.5 Å². The first-order valence-corrected chi connectivity index (χ1v) is 7.92. The lowest BCUT2D eigenvalue weighted by molar-refractivity contribution is -0.119. The average molecular weight is 319 g/mol. The number of nitrogens with zero attached hydrogens (tertiary/aromatic N) is 1. The van der Waals surface area contributed by atoms with Crippen molar-refractivity contribution in [1.82, 2.24) is 10.2 Å². The van der Waals surface area contributed by atoms with Gasteiger partial charge < -0.3 is 20.3 Å². The van der Waals surface area contributed by atoms with Crippen LogP contribution in [0.2, 0.25) is 0 Å². The number of rotatable bonds is 5. The Morgan fingerprint density at radius 1 is 1.48 bits per heavy atom. The van der Waals surface area contributed by atoms with Crippen LogP contribution in [0.15, 0.2) is 18.2 Å². The Kier molecular flexibility index (Phi) is 5.47. The molecule has 3 amide bonds. The van der Waals surface area contributed by atoms with E-state index in [0.717, 1.165) is 23.4 Å². The molecule has 1 fully saturated rings. The summed E-state index contributed by atoms with van der Waals surface area (Å²) in [7, 11) is 1.61. The van der Waals surface area contributed by atoms with Crippen molar-refractivity contribution in [3.8, 4) is 5.75 Å². The number of urea groups is 1. The van der Waals surface area contributed by atoms with Gasteiger partial charge in [-0.25, -0.2) is 4.79 Å². The smallest absolute Gasteiger partial charge is 0.322 e. The minimum Gasteiger partial charge on any atom is -0.497 e. The Morgan fingerprint density at radius 2 is 2.22 bits per heavy atom. The predicted octanol–water partition coefficient (Wildman–Crippen LogP) is 2.52. The first-order chi connectivity index (χ1) is 10.9. The van der Waals surface area contributed by atoms with Crippen LogP contribution in [0.3, 0.4) is 0 Å². The van der Waals surface area contributed by atoms with Crippen molar-refractivity contribution in [2.75, 3.05) is 19.0 Å². The Bertz CT molecular complexity index is 586. The van der Waals surface area contributed by atoms with Crippen LogP contribution in [-0.2, 0) is 4.79 Å². The molecular weight excluding hydrogens is 294 g/mol. The summed E-state index contributed by atoms with van der Waals surface area (Å²) in [5.41, 5.74) is 1.70. The van der Waals surface area contributed by atoms with Gasteiger partial charge in [0, 0.05) is 30.7 Å². The van der Waals surface area contributed by atoms with Crippen molar-refractivity contribution in [3.05, 3.63) is 23.8 Å². The summed E-state index contributed by atoms with van der Waals surface area (Å²) in [6, 6.07) is 5.46. The standard InChI is InChI=1S/C17H25N3O3/c1-11(2)20(10-13-5-8-16(21)18-13)17(22)19-15-7-6-14(23-4)9-12(15)3/h6-7,9,11,13H,5,8,10H2,1-4H3,(H,18,21)(H,19,22). The van der Waals surface area contributed by atoms with E-state index in [-0.39, 0.29) is 24.0 Å². The van der Waals surface area contributed by atoms with E-state index < -0.39 is 0 Å². The van der Waals surface area contributed by atoms with Crippen molar-refractivity contribution in [1.29, 1.82) is 0 Å². The number of aryl methyl sites for hydroxylation is 1. The van der Waals surface area contributed by atoms with E-state index in [0.29, 0.717) is 13.0 Å². The number of benzene rings is 1. The van der Waals surface area contributed by atoms with E-state index in [2.05, 4.69) is 10.6 Å². The highest BCUT2D eigenvalue weighted by molar-refractivity contribution is 5.90. The number of amides is 3. The molecule has 1 saturated heterocycles. The van der Waals surface area contributed by atoms with Gasteiger partial charge in [-0.15, -0.1) is 0 Å². The van der Waals surface area contributed by atoms with Crippen molar-refractivity contribution in [2.24, 2.45) is 0 Å². The second-order valence-electron chi connectivity index (χ2n) is 6.16. The van der Waals surface area contributed by atoms with Gasteiger partial charge in [0.15, 0.2) is 0 Å². The average Bonchev–Trinajstić information content (AvgIpc) is 2.91. The van der Waals surface area contributed by atoms with Crippen LogP contribution in [0, 0.1) is 6.92 Å². The lowest BCUT2D eigenvalue weighted by atomic mass is 10.2. The fraction of sp³-hybridized carbons (Fsp3) is 0.529. The first kappa shape index (κ1) is 17.1. The number of hydrogen-bond donors (Lipinski definition) is 2. The maximum Gasteiger partial charge on any atom is 0.322 e. The SMILES string of the molecule is COc1ccc(NC(=O)N(CC2CCC(=O)N2)C(C)C)c(C)c1. The number of anilines is 1. The van der Waals surface area contributed by atoms with Gasteiger partial charge in [-0.1, -0.05) is 0 Å². The van der Waals surface area contributed by atoms with Gasteiger partial charge in [0.1, 0.15) is 5.75 Å². The number of ether oxygens (including phenoxy) is 1. The topological polar surface area (TPSA) is 70.7 Å². The second-order valence-corrected chi connectivity index (χ2v) is 6.16. The highest BCUT2D eigenvalue weighted by atomic mass is 16.5. The molecule has 1 aliphatic rings. The predicted molar refractivity (Wildman–Crippen MR) is 89.8 cm³/mol. The molecule has 0 bridgehead atoms. The van der Waals surface area contributed by atoms with Gasteiger partial charge in [-0.3, -0.25) is 4.79 Å². The van der Waals surface area contributed by atoms with E-state index >= 15 is 0 Å². The molecule has 23 heavy (non-hydrogen) atoms. The van der Waals surface area contributed by atoms with Crippen molar-refractivity contribution in [2.45, 2.75) is 45.7 Å². The summed E-state index contributed by atoms with van der Waals surface area (Å²) >= 11 is 0. The van der Waals surface area contributed by atoms with E-state index in [1.54, 1.807) is 12.0 Å². The molecule has 6 nitrogen and oxygen atoms in total. The second kappa shape index (κ2) is 7.35. The molecule has 2 rings (SSSR count). The van der Waals surface area contributed by atoms with Gasteiger partial charge in [-0.2, -0.15) is 0 Å². The lowest BCUT2D eigenvalue weighted by Crippen LogP contribution is -2.47. The summed E-state index contributed by atoms with van der Waals surface area (Å²) in [4.78, 5) is 25.7. The largest absolute Gasteiger partial charge is 0.497 e. The summed E-state index contributed by atoms with van der Waals surface area (Å²) < 4.78 is 5.18. The van der Waals surface area contributed by atoms with Crippen LogP contribution in [0.5, 0.6) is 5.75 Å². The third kappa shape index (κ3) is 4.37. The number of methoxy groups -OCH3 is 1. The zero-order chi connectivity index (χ0) is 17.0. The Morgan fingerprint density at radius 3 is 2.74 bits per heavy atom. The van der Waals surface area contributed by atoms with E-state index in [9.17, 15) is 9.59 Å². The molecule has 6 heteroatoms. The Balaban J connectivity index is 2.04. The van der Waals surface area contributed by atoms with Crippen molar-refractivity contribution < 1.29 is 14.3 Å². The fourth-order valence-electron chi connectivity index (χ4n) is 2.67. The summed E-state index contributed by atoms with van der Waals surface area (Å²) in [5.74, 6) is 0.819. The van der Waals surface area contributed by atoms with E-state index in [1.807, 2.05) is 39.0 Å². The third-order valence-electron chi connectivity index (χ3n) is 4.06. The summed E-state index contributed by atoms with van der Waals surface area (Å²) in [6.45, 7) is 6.38. The zero-order valence-corrected chi connectivity index (χ0v) is 14.2. The van der Waals surface area contributed by atoms with Crippen molar-refractivity contribution in [3.63, 3.8) is 0 Å². The van der Waals surface area contributed by atoms with Gasteiger partial charge in [0.25, 0.3) is 0 Å². The molecule has 1 aromatic carbocycles. The molecule has 1 heterocycles. The van der Waals surface area contributed by atoms with Gasteiger partial charge in [-0.05, 0) is 51.0 Å². The Hall–Kier alpha value is -2.24. The third-order valence-corrected chi connectivity index (χ3v) is 4.06. The van der Waals surface area contributed by atoms with Crippen LogP contribution in [0.25, 0.3) is 0 Å². The van der Waals surface area contributed by atoms with Crippen LogP contribution in [-0.4, -0.2) is 42.6 Å². The van der Waals surface area contributed by atoms with Crippen LogP contribution in [0.1, 0.15) is 32.3 Å². The molecule has 1 aliphatic heterocycles. The molecule has 0 aliphatic carbocycles. The molecular formula is C17H25N3O3. The zero-order valence-electron chi connectivity index (χ0n) is 14.2. The molecule has 2 N–H and O–H groups in total. The molecule has 0 saturated carbocycles. The molecule has 1 unspecified atom stereocenters. The molecule has 0 aromatic heterocycles. The van der Waals surface area contributed by atoms with Gasteiger partial charge in [0.05, 0.1) is 7.11 Å². The normalized spacial score (nSPS) is 17.1. The minimum atomic E-state index is -0.158. The van der Waals surface area contributed by atoms with Gasteiger partial charge in [0.2, 0.25) is 5.91 Å². The number of carbonyl (C=O) groups excluding carboxylic acids is 2. The Labute approximate surface area is 137 Å². The summed E-state index contributed by atoms with van der Waals surface area (Å²) in [6.07, 6.45) is 1.31. The number of hydrogen-bond acceptors (Lipinski definition) is 3.